The van der Waals surface area contributed by atoms with Crippen LogP contribution < -0.4 is 5.32 Å². The molecule has 0 radical (unpaired) electrons. The molecule has 1 aliphatic rings. The highest BCUT2D eigenvalue weighted by atomic mass is 32.2. The number of thiazole rings is 1. The molecule has 0 saturated heterocycles. The van der Waals surface area contributed by atoms with Gasteiger partial charge in [0.15, 0.2) is 5.01 Å². The van der Waals surface area contributed by atoms with Crippen LogP contribution >= 0.6 is 11.3 Å². The fraction of sp³-hybridized carbons (Fsp3) is 0.421. The van der Waals surface area contributed by atoms with Gasteiger partial charge in [0.2, 0.25) is 5.91 Å². The Kier molecular flexibility index (Phi) is 6.46. The molecular weight excluding hydrogens is 398 g/mol. The standard InChI is InChI=1S/C19H23N3O4S2/c1-28(25,26)12-9-17(23)22-10-7-15-16(8-11-22)27-19(21-15)18(24)20-13-14-5-3-2-4-6-14/h2-6H,7-13H2,1H3,(H,20,24). The van der Waals surface area contributed by atoms with Gasteiger partial charge in [-0.05, 0) is 5.56 Å². The van der Waals surface area contributed by atoms with E-state index in [1.54, 1.807) is 4.90 Å². The fourth-order valence-corrected chi connectivity index (χ4v) is 4.55. The number of carbonyl (C=O) groups is 2. The quantitative estimate of drug-likeness (QED) is 0.761. The second kappa shape index (κ2) is 8.83. The van der Waals surface area contributed by atoms with Gasteiger partial charge in [-0.15, -0.1) is 11.3 Å². The highest BCUT2D eigenvalue weighted by Gasteiger charge is 2.23. The summed E-state index contributed by atoms with van der Waals surface area (Å²) in [6.45, 7) is 1.46. The third kappa shape index (κ3) is 5.62. The molecule has 0 saturated carbocycles. The topological polar surface area (TPSA) is 96.4 Å². The molecule has 0 aliphatic carbocycles. The molecule has 0 atom stereocenters. The second-order valence-corrected chi connectivity index (χ2v) is 10.2. The van der Waals surface area contributed by atoms with Crippen LogP contribution in [0.25, 0.3) is 0 Å². The Morgan fingerprint density at radius 2 is 1.89 bits per heavy atom. The molecule has 3 rings (SSSR count). The summed E-state index contributed by atoms with van der Waals surface area (Å²) in [5, 5.41) is 3.33. The van der Waals surface area contributed by atoms with E-state index in [1.807, 2.05) is 30.3 Å². The second-order valence-electron chi connectivity index (χ2n) is 6.82. The van der Waals surface area contributed by atoms with Crippen LogP contribution in [0.5, 0.6) is 0 Å². The molecule has 1 aromatic carbocycles. The molecular formula is C19H23N3O4S2. The number of rotatable bonds is 6. The first-order chi connectivity index (χ1) is 13.3. The number of sulfone groups is 1. The van der Waals surface area contributed by atoms with Crippen molar-refractivity contribution in [3.05, 3.63) is 51.5 Å². The van der Waals surface area contributed by atoms with Gasteiger partial charge in [0, 0.05) is 50.0 Å². The molecule has 2 amide bonds. The number of amides is 2. The van der Waals surface area contributed by atoms with Crippen molar-refractivity contribution in [2.75, 3.05) is 25.1 Å². The van der Waals surface area contributed by atoms with Crippen LogP contribution in [0.4, 0.5) is 0 Å². The Labute approximate surface area is 168 Å². The largest absolute Gasteiger partial charge is 0.346 e. The zero-order valence-corrected chi connectivity index (χ0v) is 17.3. The van der Waals surface area contributed by atoms with E-state index in [0.717, 1.165) is 22.4 Å². The number of aromatic nitrogens is 1. The zero-order valence-electron chi connectivity index (χ0n) is 15.7. The minimum atomic E-state index is -3.15. The lowest BCUT2D eigenvalue weighted by Gasteiger charge is -2.19. The van der Waals surface area contributed by atoms with Gasteiger partial charge < -0.3 is 10.2 Å². The lowest BCUT2D eigenvalue weighted by molar-refractivity contribution is -0.130. The van der Waals surface area contributed by atoms with Gasteiger partial charge in [-0.3, -0.25) is 9.59 Å². The summed E-state index contributed by atoms with van der Waals surface area (Å²) in [7, 11) is -3.15. The SMILES string of the molecule is CS(=O)(=O)CCC(=O)N1CCc2nc(C(=O)NCc3ccccc3)sc2CC1. The van der Waals surface area contributed by atoms with Gasteiger partial charge in [-0.2, -0.15) is 0 Å². The number of benzene rings is 1. The molecule has 7 nitrogen and oxygen atoms in total. The fourth-order valence-electron chi connectivity index (χ4n) is 2.99. The van der Waals surface area contributed by atoms with Crippen LogP contribution in [-0.4, -0.2) is 55.2 Å². The third-order valence-corrected chi connectivity index (χ3v) is 6.64. The van der Waals surface area contributed by atoms with Crippen LogP contribution in [-0.2, 0) is 34.0 Å². The van der Waals surface area contributed by atoms with Gasteiger partial charge in [0.05, 0.1) is 11.4 Å². The summed E-state index contributed by atoms with van der Waals surface area (Å²) < 4.78 is 22.5. The summed E-state index contributed by atoms with van der Waals surface area (Å²) in [5.41, 5.74) is 1.88. The van der Waals surface area contributed by atoms with Gasteiger partial charge in [0.25, 0.3) is 5.91 Å². The Morgan fingerprint density at radius 3 is 2.61 bits per heavy atom. The van der Waals surface area contributed by atoms with Crippen molar-refractivity contribution < 1.29 is 18.0 Å². The van der Waals surface area contributed by atoms with E-state index in [-0.39, 0.29) is 24.0 Å². The van der Waals surface area contributed by atoms with Crippen LogP contribution in [0, 0.1) is 0 Å². The lowest BCUT2D eigenvalue weighted by atomic mass is 10.2. The maximum Gasteiger partial charge on any atom is 0.280 e. The molecule has 150 valence electrons. The minimum Gasteiger partial charge on any atom is -0.346 e. The molecule has 0 fully saturated rings. The summed E-state index contributed by atoms with van der Waals surface area (Å²) >= 11 is 1.37. The van der Waals surface area contributed by atoms with Crippen molar-refractivity contribution in [2.24, 2.45) is 0 Å². The maximum absolute atomic E-state index is 12.4. The average molecular weight is 422 g/mol. The van der Waals surface area contributed by atoms with Crippen LogP contribution in [0.1, 0.15) is 32.4 Å². The summed E-state index contributed by atoms with van der Waals surface area (Å²) in [4.78, 5) is 31.8. The van der Waals surface area contributed by atoms with E-state index < -0.39 is 9.84 Å². The van der Waals surface area contributed by atoms with Crippen molar-refractivity contribution in [3.8, 4) is 0 Å². The predicted octanol–water partition coefficient (Wildman–Crippen LogP) is 1.44. The Hall–Kier alpha value is -2.26. The van der Waals surface area contributed by atoms with Crippen molar-refractivity contribution in [1.29, 1.82) is 0 Å². The van der Waals surface area contributed by atoms with Gasteiger partial charge in [-0.1, -0.05) is 30.3 Å². The molecule has 2 heterocycles. The number of carbonyl (C=O) groups excluding carboxylic acids is 2. The Bertz CT molecular complexity index is 929. The predicted molar refractivity (Wildman–Crippen MR) is 108 cm³/mol. The Balaban J connectivity index is 1.56. The lowest BCUT2D eigenvalue weighted by Crippen LogP contribution is -2.34. The van der Waals surface area contributed by atoms with E-state index >= 15 is 0 Å². The van der Waals surface area contributed by atoms with E-state index in [9.17, 15) is 18.0 Å². The number of fused-ring (bicyclic) bond motifs is 1. The Morgan fingerprint density at radius 1 is 1.18 bits per heavy atom. The number of nitrogens with zero attached hydrogens (tertiary/aromatic N) is 2. The number of hydrogen-bond acceptors (Lipinski definition) is 6. The van der Waals surface area contributed by atoms with E-state index in [2.05, 4.69) is 10.3 Å². The smallest absolute Gasteiger partial charge is 0.280 e. The molecule has 0 spiro atoms. The molecule has 1 aromatic heterocycles. The number of nitrogens with one attached hydrogen (secondary N) is 1. The van der Waals surface area contributed by atoms with Crippen molar-refractivity contribution in [1.82, 2.24) is 15.2 Å². The number of hydrogen-bond donors (Lipinski definition) is 1. The first kappa shape index (κ1) is 20.5. The van der Waals surface area contributed by atoms with Crippen LogP contribution in [0.15, 0.2) is 30.3 Å². The van der Waals surface area contributed by atoms with Gasteiger partial charge in [0.1, 0.15) is 9.84 Å². The molecule has 1 aliphatic heterocycles. The molecule has 0 unspecified atom stereocenters. The van der Waals surface area contributed by atoms with E-state index in [1.165, 1.54) is 11.3 Å². The molecule has 2 aromatic rings. The minimum absolute atomic E-state index is 0.00700. The van der Waals surface area contributed by atoms with Gasteiger partial charge in [-0.25, -0.2) is 13.4 Å². The molecule has 9 heteroatoms. The molecule has 28 heavy (non-hydrogen) atoms. The summed E-state index contributed by atoms with van der Waals surface area (Å²) in [6, 6.07) is 9.68. The van der Waals surface area contributed by atoms with Crippen molar-refractivity contribution >= 4 is 33.0 Å². The van der Waals surface area contributed by atoms with Gasteiger partial charge >= 0.3 is 0 Å². The van der Waals surface area contributed by atoms with Crippen LogP contribution in [0.2, 0.25) is 0 Å². The zero-order chi connectivity index (χ0) is 20.1. The first-order valence-electron chi connectivity index (χ1n) is 9.08. The maximum atomic E-state index is 12.4. The first-order valence-corrected chi connectivity index (χ1v) is 12.0. The average Bonchev–Trinajstić information content (AvgIpc) is 2.97. The third-order valence-electron chi connectivity index (χ3n) is 4.54. The molecule has 0 bridgehead atoms. The van der Waals surface area contributed by atoms with E-state index in [0.29, 0.717) is 37.5 Å². The summed E-state index contributed by atoms with van der Waals surface area (Å²) in [6.07, 6.45) is 2.34. The van der Waals surface area contributed by atoms with E-state index in [4.69, 9.17) is 0 Å². The highest BCUT2D eigenvalue weighted by molar-refractivity contribution is 7.90. The highest BCUT2D eigenvalue weighted by Crippen LogP contribution is 2.23. The van der Waals surface area contributed by atoms with Crippen molar-refractivity contribution in [3.63, 3.8) is 0 Å². The molecule has 1 N–H and O–H groups in total. The van der Waals surface area contributed by atoms with Crippen molar-refractivity contribution in [2.45, 2.75) is 25.8 Å². The monoisotopic (exact) mass is 421 g/mol. The summed E-state index contributed by atoms with van der Waals surface area (Å²) in [5.74, 6) is -0.474. The van der Waals surface area contributed by atoms with Crippen LogP contribution in [0.3, 0.4) is 0 Å². The normalized spacial score (nSPS) is 14.2.